The molecule has 0 aliphatic carbocycles. The van der Waals surface area contributed by atoms with Crippen molar-refractivity contribution in [1.82, 2.24) is 10.1 Å². The van der Waals surface area contributed by atoms with Gasteiger partial charge in [-0.3, -0.25) is 4.98 Å². The van der Waals surface area contributed by atoms with Crippen molar-refractivity contribution in [3.63, 3.8) is 0 Å². The molecule has 0 bridgehead atoms. The van der Waals surface area contributed by atoms with Crippen LogP contribution in [0, 0.1) is 13.8 Å². The molecule has 0 fully saturated rings. The van der Waals surface area contributed by atoms with Gasteiger partial charge in [-0.15, -0.1) is 11.3 Å². The predicted octanol–water partition coefficient (Wildman–Crippen LogP) is 3.66. The van der Waals surface area contributed by atoms with Crippen molar-refractivity contribution < 1.29 is 4.52 Å². The van der Waals surface area contributed by atoms with Gasteiger partial charge in [-0.25, -0.2) is 0 Å². The summed E-state index contributed by atoms with van der Waals surface area (Å²) in [6.07, 6.45) is 1.73. The lowest BCUT2D eigenvalue weighted by Crippen LogP contribution is -1.88. The van der Waals surface area contributed by atoms with Gasteiger partial charge in [0.1, 0.15) is 5.69 Å². The summed E-state index contributed by atoms with van der Waals surface area (Å²) < 4.78 is 5.15. The Morgan fingerprint density at radius 1 is 1.26 bits per heavy atom. The highest BCUT2D eigenvalue weighted by Gasteiger charge is 2.20. The molecule has 0 saturated carbocycles. The number of nitrogens with two attached hydrogens (primary N) is 1. The monoisotopic (exact) mass is 271 g/mol. The van der Waals surface area contributed by atoms with Crippen LogP contribution in [0.3, 0.4) is 0 Å². The lowest BCUT2D eigenvalue weighted by molar-refractivity contribution is 0.439. The highest BCUT2D eigenvalue weighted by molar-refractivity contribution is 7.15. The maximum Gasteiger partial charge on any atom is 0.232 e. The molecule has 0 spiro atoms. The van der Waals surface area contributed by atoms with Crippen LogP contribution in [0.1, 0.15) is 10.4 Å². The molecule has 2 N–H and O–H groups in total. The zero-order valence-electron chi connectivity index (χ0n) is 10.7. The number of aryl methyl sites for hydroxylation is 2. The second-order valence-electron chi connectivity index (χ2n) is 4.34. The molecular weight excluding hydrogens is 258 g/mol. The zero-order chi connectivity index (χ0) is 13.4. The number of anilines is 1. The second-order valence-corrected chi connectivity index (χ2v) is 5.59. The van der Waals surface area contributed by atoms with E-state index >= 15 is 0 Å². The number of rotatable bonds is 2. The van der Waals surface area contributed by atoms with Crippen molar-refractivity contribution in [2.75, 3.05) is 5.73 Å². The molecule has 0 aliphatic heterocycles. The Balaban J connectivity index is 2.19. The van der Waals surface area contributed by atoms with Gasteiger partial charge in [-0.05, 0) is 37.6 Å². The van der Waals surface area contributed by atoms with Gasteiger partial charge in [-0.1, -0.05) is 11.2 Å². The largest absolute Gasteiger partial charge is 0.367 e. The molecule has 3 aromatic rings. The van der Waals surface area contributed by atoms with Crippen LogP contribution >= 0.6 is 11.3 Å². The summed E-state index contributed by atoms with van der Waals surface area (Å²) >= 11 is 1.68. The van der Waals surface area contributed by atoms with Gasteiger partial charge in [0.2, 0.25) is 5.88 Å². The first-order valence-corrected chi connectivity index (χ1v) is 6.72. The van der Waals surface area contributed by atoms with E-state index in [-0.39, 0.29) is 0 Å². The Morgan fingerprint density at radius 3 is 2.74 bits per heavy atom. The van der Waals surface area contributed by atoms with Crippen molar-refractivity contribution in [3.8, 4) is 21.8 Å². The van der Waals surface area contributed by atoms with Gasteiger partial charge in [-0.2, -0.15) is 0 Å². The van der Waals surface area contributed by atoms with Gasteiger partial charge in [0, 0.05) is 11.1 Å². The molecule has 3 aromatic heterocycles. The van der Waals surface area contributed by atoms with E-state index in [0.29, 0.717) is 5.88 Å². The Kier molecular flexibility index (Phi) is 2.83. The second kappa shape index (κ2) is 4.51. The number of hydrogen-bond acceptors (Lipinski definition) is 5. The van der Waals surface area contributed by atoms with Crippen molar-refractivity contribution in [2.45, 2.75) is 13.8 Å². The quantitative estimate of drug-likeness (QED) is 0.772. The molecule has 96 valence electrons. The normalized spacial score (nSPS) is 10.8. The summed E-state index contributed by atoms with van der Waals surface area (Å²) in [5.74, 6) is 0.303. The van der Waals surface area contributed by atoms with Gasteiger partial charge in [0.05, 0.1) is 16.1 Å². The number of thiophene rings is 1. The van der Waals surface area contributed by atoms with E-state index in [4.69, 9.17) is 10.3 Å². The Morgan fingerprint density at radius 2 is 2.11 bits per heavy atom. The Bertz CT molecular complexity index is 696. The SMILES string of the molecule is Cc1cc(-c2noc(N)c2-c2ccccn2)sc1C. The molecule has 0 amide bonds. The molecule has 0 unspecified atom stereocenters. The molecule has 0 aliphatic rings. The van der Waals surface area contributed by atoms with Crippen LogP contribution in [-0.4, -0.2) is 10.1 Å². The number of aromatic nitrogens is 2. The highest BCUT2D eigenvalue weighted by Crippen LogP contribution is 2.39. The smallest absolute Gasteiger partial charge is 0.232 e. The zero-order valence-corrected chi connectivity index (χ0v) is 11.5. The van der Waals surface area contributed by atoms with Crippen molar-refractivity contribution in [3.05, 3.63) is 40.9 Å². The fourth-order valence-electron chi connectivity index (χ4n) is 1.92. The van der Waals surface area contributed by atoms with Gasteiger partial charge in [0.25, 0.3) is 0 Å². The van der Waals surface area contributed by atoms with Gasteiger partial charge in [0.15, 0.2) is 0 Å². The maximum atomic E-state index is 5.89. The third kappa shape index (κ3) is 2.02. The average Bonchev–Trinajstić information content (AvgIpc) is 2.95. The first-order valence-electron chi connectivity index (χ1n) is 5.91. The first-order chi connectivity index (χ1) is 9.16. The number of hydrogen-bond donors (Lipinski definition) is 1. The molecule has 0 atom stereocenters. The minimum absolute atomic E-state index is 0.303. The topological polar surface area (TPSA) is 64.9 Å². The van der Waals surface area contributed by atoms with E-state index in [1.807, 2.05) is 18.2 Å². The molecule has 5 heteroatoms. The minimum atomic E-state index is 0.303. The van der Waals surface area contributed by atoms with Crippen LogP contribution in [-0.2, 0) is 0 Å². The van der Waals surface area contributed by atoms with Crippen LogP contribution < -0.4 is 5.73 Å². The maximum absolute atomic E-state index is 5.89. The number of pyridine rings is 1. The highest BCUT2D eigenvalue weighted by atomic mass is 32.1. The molecule has 0 radical (unpaired) electrons. The summed E-state index contributed by atoms with van der Waals surface area (Å²) in [5.41, 5.74) is 9.44. The summed E-state index contributed by atoms with van der Waals surface area (Å²) in [6, 6.07) is 7.79. The third-order valence-electron chi connectivity index (χ3n) is 3.04. The minimum Gasteiger partial charge on any atom is -0.367 e. The van der Waals surface area contributed by atoms with E-state index in [1.165, 1.54) is 10.4 Å². The lowest BCUT2D eigenvalue weighted by Gasteiger charge is -1.99. The van der Waals surface area contributed by atoms with Crippen LogP contribution in [0.15, 0.2) is 35.0 Å². The molecule has 4 nitrogen and oxygen atoms in total. The molecule has 0 aromatic carbocycles. The van der Waals surface area contributed by atoms with Crippen molar-refractivity contribution in [2.24, 2.45) is 0 Å². The van der Waals surface area contributed by atoms with Crippen molar-refractivity contribution >= 4 is 17.2 Å². The molecule has 19 heavy (non-hydrogen) atoms. The first kappa shape index (κ1) is 11.9. The summed E-state index contributed by atoms with van der Waals surface area (Å²) in [7, 11) is 0. The van der Waals surface area contributed by atoms with E-state index < -0.39 is 0 Å². The van der Waals surface area contributed by atoms with Crippen molar-refractivity contribution in [1.29, 1.82) is 0 Å². The van der Waals surface area contributed by atoms with Crippen LogP contribution in [0.5, 0.6) is 0 Å². The summed E-state index contributed by atoms with van der Waals surface area (Å²) in [4.78, 5) is 6.64. The Hall–Kier alpha value is -2.14. The van der Waals surface area contributed by atoms with E-state index in [0.717, 1.165) is 21.8 Å². The fourth-order valence-corrected chi connectivity index (χ4v) is 2.94. The van der Waals surface area contributed by atoms with Crippen LogP contribution in [0.2, 0.25) is 0 Å². The van der Waals surface area contributed by atoms with Crippen LogP contribution in [0.25, 0.3) is 21.8 Å². The fraction of sp³-hybridized carbons (Fsp3) is 0.143. The number of nitrogen functional groups attached to an aromatic ring is 1. The molecule has 3 heterocycles. The Labute approximate surface area is 114 Å². The van der Waals surface area contributed by atoms with Gasteiger partial charge < -0.3 is 10.3 Å². The number of nitrogens with zero attached hydrogens (tertiary/aromatic N) is 2. The summed E-state index contributed by atoms with van der Waals surface area (Å²) in [5, 5.41) is 4.09. The van der Waals surface area contributed by atoms with E-state index in [9.17, 15) is 0 Å². The third-order valence-corrected chi connectivity index (χ3v) is 4.20. The van der Waals surface area contributed by atoms with Crippen LogP contribution in [0.4, 0.5) is 5.88 Å². The standard InChI is InChI=1S/C14H13N3OS/c1-8-7-11(19-9(8)2)13-12(14(15)18-17-13)10-5-3-4-6-16-10/h3-7H,15H2,1-2H3. The average molecular weight is 271 g/mol. The molecule has 0 saturated heterocycles. The van der Waals surface area contributed by atoms with E-state index in [2.05, 4.69) is 30.1 Å². The van der Waals surface area contributed by atoms with Gasteiger partial charge >= 0.3 is 0 Å². The molecule has 3 rings (SSSR count). The van der Waals surface area contributed by atoms with E-state index in [1.54, 1.807) is 17.5 Å². The lowest BCUT2D eigenvalue weighted by atomic mass is 10.1. The molecular formula is C14H13N3OS. The predicted molar refractivity (Wildman–Crippen MR) is 76.9 cm³/mol. The summed E-state index contributed by atoms with van der Waals surface area (Å²) in [6.45, 7) is 4.17.